The van der Waals surface area contributed by atoms with Crippen molar-refractivity contribution in [1.29, 1.82) is 0 Å². The van der Waals surface area contributed by atoms with E-state index in [-0.39, 0.29) is 5.91 Å². The van der Waals surface area contributed by atoms with Crippen molar-refractivity contribution in [2.45, 2.75) is 32.6 Å². The molecule has 2 aromatic carbocycles. The highest BCUT2D eigenvalue weighted by atomic mass is 16.2. The summed E-state index contributed by atoms with van der Waals surface area (Å²) in [5.41, 5.74) is 8.76. The molecule has 0 saturated carbocycles. The minimum atomic E-state index is -0.617. The maximum atomic E-state index is 12.6. The zero-order valence-electron chi connectivity index (χ0n) is 12.8. The molecule has 3 heteroatoms. The molecule has 0 heterocycles. The fraction of sp³-hybridized carbons (Fsp3) is 0.278. The summed E-state index contributed by atoms with van der Waals surface area (Å²) in [5, 5.41) is 3.04. The van der Waals surface area contributed by atoms with E-state index in [0.29, 0.717) is 5.69 Å². The Kier molecular flexibility index (Phi) is 4.32. The zero-order valence-corrected chi connectivity index (χ0v) is 12.8. The third kappa shape index (κ3) is 3.24. The molecule has 0 saturated heterocycles. The summed E-state index contributed by atoms with van der Waals surface area (Å²) in [6.07, 6.45) is 0.888. The predicted octanol–water partition coefficient (Wildman–Crippen LogP) is 3.75. The second-order valence-corrected chi connectivity index (χ2v) is 5.71. The molecule has 0 fully saturated rings. The van der Waals surface area contributed by atoms with Gasteiger partial charge < -0.3 is 11.1 Å². The molecule has 0 aliphatic rings. The third-order valence-electron chi connectivity index (χ3n) is 3.85. The lowest BCUT2D eigenvalue weighted by Gasteiger charge is -2.25. The molecule has 2 aromatic rings. The van der Waals surface area contributed by atoms with Crippen LogP contribution in [0.1, 0.15) is 31.9 Å². The van der Waals surface area contributed by atoms with E-state index in [4.69, 9.17) is 5.73 Å². The normalized spacial score (nSPS) is 11.2. The Morgan fingerprint density at radius 3 is 2.33 bits per heavy atom. The molecular weight excluding hydrogens is 260 g/mol. The number of anilines is 2. The molecule has 0 aliphatic carbocycles. The number of nitrogen functional groups attached to an aromatic ring is 1. The third-order valence-corrected chi connectivity index (χ3v) is 3.85. The number of rotatable bonds is 4. The number of hydrogen-bond donors (Lipinski definition) is 2. The van der Waals surface area contributed by atoms with Crippen LogP contribution in [0.4, 0.5) is 11.4 Å². The van der Waals surface area contributed by atoms with Gasteiger partial charge in [-0.05, 0) is 49.6 Å². The van der Waals surface area contributed by atoms with Crippen LogP contribution in [0.15, 0.2) is 48.5 Å². The first-order valence-electron chi connectivity index (χ1n) is 7.20. The van der Waals surface area contributed by atoms with Crippen LogP contribution in [0.3, 0.4) is 0 Å². The van der Waals surface area contributed by atoms with E-state index in [1.54, 1.807) is 0 Å². The number of nitrogens with two attached hydrogens (primary N) is 1. The van der Waals surface area contributed by atoms with E-state index in [1.807, 2.05) is 62.4 Å². The standard InChI is InChI=1S/C18H22N2O/c1-4-13-7-5-6-8-16(13)20-17(21)18(2,3)14-9-11-15(19)12-10-14/h5-12H,4,19H2,1-3H3,(H,20,21). The lowest BCUT2D eigenvalue weighted by Crippen LogP contribution is -2.35. The van der Waals surface area contributed by atoms with Crippen molar-refractivity contribution in [2.24, 2.45) is 0 Å². The molecule has 0 atom stereocenters. The first-order valence-corrected chi connectivity index (χ1v) is 7.20. The minimum absolute atomic E-state index is 0.0202. The van der Waals surface area contributed by atoms with Crippen molar-refractivity contribution in [1.82, 2.24) is 0 Å². The molecule has 3 nitrogen and oxygen atoms in total. The van der Waals surface area contributed by atoms with Crippen molar-refractivity contribution >= 4 is 17.3 Å². The smallest absolute Gasteiger partial charge is 0.234 e. The molecule has 110 valence electrons. The van der Waals surface area contributed by atoms with Gasteiger partial charge in [0, 0.05) is 11.4 Å². The summed E-state index contributed by atoms with van der Waals surface area (Å²) in [6, 6.07) is 15.3. The number of benzene rings is 2. The fourth-order valence-corrected chi connectivity index (χ4v) is 2.26. The highest BCUT2D eigenvalue weighted by molar-refractivity contribution is 5.99. The van der Waals surface area contributed by atoms with Gasteiger partial charge in [-0.25, -0.2) is 0 Å². The van der Waals surface area contributed by atoms with Crippen LogP contribution in [-0.2, 0) is 16.6 Å². The van der Waals surface area contributed by atoms with Gasteiger partial charge in [-0.2, -0.15) is 0 Å². The van der Waals surface area contributed by atoms with Crippen LogP contribution in [0, 0.1) is 0 Å². The predicted molar refractivity (Wildman–Crippen MR) is 88.3 cm³/mol. The maximum absolute atomic E-state index is 12.6. The van der Waals surface area contributed by atoms with Gasteiger partial charge in [0.15, 0.2) is 0 Å². The fourth-order valence-electron chi connectivity index (χ4n) is 2.26. The van der Waals surface area contributed by atoms with Crippen LogP contribution in [0.5, 0.6) is 0 Å². The van der Waals surface area contributed by atoms with Gasteiger partial charge in [0.05, 0.1) is 5.41 Å². The van der Waals surface area contributed by atoms with E-state index in [2.05, 4.69) is 12.2 Å². The second-order valence-electron chi connectivity index (χ2n) is 5.71. The Morgan fingerprint density at radius 1 is 1.10 bits per heavy atom. The summed E-state index contributed by atoms with van der Waals surface area (Å²) in [5.74, 6) is -0.0202. The Labute approximate surface area is 126 Å². The van der Waals surface area contributed by atoms with Gasteiger partial charge >= 0.3 is 0 Å². The first kappa shape index (κ1) is 15.1. The van der Waals surface area contributed by atoms with Gasteiger partial charge in [0.1, 0.15) is 0 Å². The van der Waals surface area contributed by atoms with Crippen LogP contribution in [-0.4, -0.2) is 5.91 Å². The Hall–Kier alpha value is -2.29. The lowest BCUT2D eigenvalue weighted by atomic mass is 9.83. The van der Waals surface area contributed by atoms with Crippen molar-refractivity contribution in [3.05, 3.63) is 59.7 Å². The van der Waals surface area contributed by atoms with E-state index in [1.165, 1.54) is 0 Å². The number of carbonyl (C=O) groups excluding carboxylic acids is 1. The monoisotopic (exact) mass is 282 g/mol. The number of para-hydroxylation sites is 1. The summed E-state index contributed by atoms with van der Waals surface area (Å²) in [6.45, 7) is 5.92. The lowest BCUT2D eigenvalue weighted by molar-refractivity contribution is -0.120. The van der Waals surface area contributed by atoms with Gasteiger partial charge in [-0.1, -0.05) is 37.3 Å². The molecule has 0 bridgehead atoms. The average Bonchev–Trinajstić information content (AvgIpc) is 2.48. The quantitative estimate of drug-likeness (QED) is 0.839. The summed E-state index contributed by atoms with van der Waals surface area (Å²) >= 11 is 0. The van der Waals surface area contributed by atoms with Gasteiger partial charge in [0.25, 0.3) is 0 Å². The SMILES string of the molecule is CCc1ccccc1NC(=O)C(C)(C)c1ccc(N)cc1. The molecule has 21 heavy (non-hydrogen) atoms. The highest BCUT2D eigenvalue weighted by Gasteiger charge is 2.30. The van der Waals surface area contributed by atoms with Crippen LogP contribution >= 0.6 is 0 Å². The molecule has 0 radical (unpaired) electrons. The average molecular weight is 282 g/mol. The van der Waals surface area contributed by atoms with Crippen LogP contribution in [0.2, 0.25) is 0 Å². The molecular formula is C18H22N2O. The van der Waals surface area contributed by atoms with Crippen molar-refractivity contribution < 1.29 is 4.79 Å². The topological polar surface area (TPSA) is 55.1 Å². The first-order chi connectivity index (χ1) is 9.95. The van der Waals surface area contributed by atoms with E-state index in [0.717, 1.165) is 23.2 Å². The highest BCUT2D eigenvalue weighted by Crippen LogP contribution is 2.27. The van der Waals surface area contributed by atoms with Crippen molar-refractivity contribution in [2.75, 3.05) is 11.1 Å². The maximum Gasteiger partial charge on any atom is 0.234 e. The molecule has 1 amide bonds. The number of carbonyl (C=O) groups is 1. The number of hydrogen-bond acceptors (Lipinski definition) is 2. The molecule has 0 spiro atoms. The summed E-state index contributed by atoms with van der Waals surface area (Å²) in [7, 11) is 0. The zero-order chi connectivity index (χ0) is 15.5. The molecule has 0 aliphatic heterocycles. The summed E-state index contributed by atoms with van der Waals surface area (Å²) in [4.78, 5) is 12.6. The molecule has 0 unspecified atom stereocenters. The number of aryl methyl sites for hydroxylation is 1. The Balaban J connectivity index is 2.24. The van der Waals surface area contributed by atoms with Crippen molar-refractivity contribution in [3.63, 3.8) is 0 Å². The molecule has 0 aromatic heterocycles. The summed E-state index contributed by atoms with van der Waals surface area (Å²) < 4.78 is 0. The van der Waals surface area contributed by atoms with E-state index in [9.17, 15) is 4.79 Å². The van der Waals surface area contributed by atoms with Crippen LogP contribution < -0.4 is 11.1 Å². The van der Waals surface area contributed by atoms with E-state index < -0.39 is 5.41 Å². The van der Waals surface area contributed by atoms with Crippen molar-refractivity contribution in [3.8, 4) is 0 Å². The minimum Gasteiger partial charge on any atom is -0.399 e. The van der Waals surface area contributed by atoms with Gasteiger partial charge in [0.2, 0.25) is 5.91 Å². The van der Waals surface area contributed by atoms with Gasteiger partial charge in [-0.15, -0.1) is 0 Å². The molecule has 2 rings (SSSR count). The second kappa shape index (κ2) is 6.00. The number of nitrogens with one attached hydrogen (secondary N) is 1. The van der Waals surface area contributed by atoms with E-state index >= 15 is 0 Å². The Morgan fingerprint density at radius 2 is 1.71 bits per heavy atom. The Bertz CT molecular complexity index is 630. The van der Waals surface area contributed by atoms with Gasteiger partial charge in [-0.3, -0.25) is 4.79 Å². The number of amides is 1. The van der Waals surface area contributed by atoms with Crippen LogP contribution in [0.25, 0.3) is 0 Å². The largest absolute Gasteiger partial charge is 0.399 e. The molecule has 3 N–H and O–H groups in total.